The highest BCUT2D eigenvalue weighted by Gasteiger charge is 2.00. The number of pyridine rings is 1. The van der Waals surface area contributed by atoms with Crippen molar-refractivity contribution in [2.45, 2.75) is 6.42 Å². The highest BCUT2D eigenvalue weighted by atomic mass is 79.9. The minimum absolute atomic E-state index is 0.163. The Balaban J connectivity index is 2.26. The maximum absolute atomic E-state index is 11.3. The molecule has 76 valence electrons. The fraction of sp³-hybridized carbons (Fsp3) is 0.100. The molecule has 4 nitrogen and oxygen atoms in total. The molecule has 0 spiro atoms. The van der Waals surface area contributed by atoms with Crippen molar-refractivity contribution in [1.82, 2.24) is 15.0 Å². The van der Waals surface area contributed by atoms with Gasteiger partial charge in [0.2, 0.25) is 0 Å². The Hall–Kier alpha value is -1.49. The van der Waals surface area contributed by atoms with Crippen molar-refractivity contribution in [3.63, 3.8) is 0 Å². The van der Waals surface area contributed by atoms with Crippen LogP contribution in [0.4, 0.5) is 0 Å². The van der Waals surface area contributed by atoms with E-state index in [4.69, 9.17) is 0 Å². The number of nitrogens with one attached hydrogen (secondary N) is 1. The molecule has 0 aliphatic heterocycles. The summed E-state index contributed by atoms with van der Waals surface area (Å²) in [7, 11) is 0. The molecule has 2 rings (SSSR count). The number of aromatic amines is 1. The first-order valence-corrected chi connectivity index (χ1v) is 5.17. The molecule has 0 unspecified atom stereocenters. The predicted molar refractivity (Wildman–Crippen MR) is 59.6 cm³/mol. The summed E-state index contributed by atoms with van der Waals surface area (Å²) >= 11 is 3.10. The van der Waals surface area contributed by atoms with Crippen LogP contribution in [0.15, 0.2) is 40.0 Å². The van der Waals surface area contributed by atoms with E-state index in [9.17, 15) is 4.79 Å². The molecule has 2 aromatic heterocycles. The summed E-state index contributed by atoms with van der Waals surface area (Å²) in [6, 6.07) is 3.79. The van der Waals surface area contributed by atoms with Crippen LogP contribution in [0, 0.1) is 0 Å². The lowest BCUT2D eigenvalue weighted by Gasteiger charge is -1.99. The largest absolute Gasteiger partial charge is 0.309 e. The molecule has 0 saturated heterocycles. The summed E-state index contributed by atoms with van der Waals surface area (Å²) < 4.78 is 0.442. The van der Waals surface area contributed by atoms with E-state index < -0.39 is 0 Å². The zero-order chi connectivity index (χ0) is 10.7. The van der Waals surface area contributed by atoms with Crippen LogP contribution in [-0.4, -0.2) is 15.0 Å². The van der Waals surface area contributed by atoms with Crippen LogP contribution >= 0.6 is 15.9 Å². The third kappa shape index (κ3) is 2.50. The second kappa shape index (κ2) is 4.35. The number of hydrogen-bond acceptors (Lipinski definition) is 3. The quantitative estimate of drug-likeness (QED) is 0.896. The van der Waals surface area contributed by atoms with E-state index in [1.165, 1.54) is 6.20 Å². The van der Waals surface area contributed by atoms with Gasteiger partial charge in [0.15, 0.2) is 0 Å². The lowest BCUT2D eigenvalue weighted by molar-refractivity contribution is 0.933. The van der Waals surface area contributed by atoms with E-state index in [2.05, 4.69) is 30.9 Å². The molecule has 0 radical (unpaired) electrons. The van der Waals surface area contributed by atoms with Gasteiger partial charge in [-0.25, -0.2) is 4.98 Å². The topological polar surface area (TPSA) is 58.6 Å². The van der Waals surface area contributed by atoms with Gasteiger partial charge in [-0.2, -0.15) is 0 Å². The Morgan fingerprint density at radius 3 is 2.93 bits per heavy atom. The van der Waals surface area contributed by atoms with Crippen LogP contribution in [0.1, 0.15) is 11.4 Å². The molecule has 0 aliphatic carbocycles. The Morgan fingerprint density at radius 1 is 1.40 bits per heavy atom. The minimum atomic E-state index is -0.163. The molecule has 0 aliphatic rings. The molecule has 5 heteroatoms. The van der Waals surface area contributed by atoms with Gasteiger partial charge in [0.05, 0.1) is 0 Å². The molecule has 2 heterocycles. The summed E-state index contributed by atoms with van der Waals surface area (Å²) in [5.41, 5.74) is 0.854. The first-order chi connectivity index (χ1) is 7.25. The average molecular weight is 266 g/mol. The number of hydrogen-bond donors (Lipinski definition) is 1. The van der Waals surface area contributed by atoms with Gasteiger partial charge in [-0.1, -0.05) is 6.07 Å². The molecule has 2 aromatic rings. The normalized spacial score (nSPS) is 10.2. The standard InChI is InChI=1S/C10H8BrN3O/c11-8-6-13-9(14-10(8)15)4-7-2-1-3-12-5-7/h1-3,5-6H,4H2,(H,13,14,15). The molecule has 15 heavy (non-hydrogen) atoms. The predicted octanol–water partition coefficient (Wildman–Crippen LogP) is 1.52. The van der Waals surface area contributed by atoms with E-state index >= 15 is 0 Å². The Bertz CT molecular complexity index is 510. The molecule has 0 fully saturated rings. The van der Waals surface area contributed by atoms with Gasteiger partial charge < -0.3 is 4.98 Å². The summed E-state index contributed by atoms with van der Waals surface area (Å²) in [5, 5.41) is 0. The number of halogens is 1. The van der Waals surface area contributed by atoms with Crippen molar-refractivity contribution < 1.29 is 0 Å². The van der Waals surface area contributed by atoms with Gasteiger partial charge >= 0.3 is 0 Å². The lowest BCUT2D eigenvalue weighted by atomic mass is 10.2. The van der Waals surface area contributed by atoms with E-state index in [0.29, 0.717) is 16.7 Å². The van der Waals surface area contributed by atoms with E-state index in [0.717, 1.165) is 5.56 Å². The summed E-state index contributed by atoms with van der Waals surface area (Å²) in [4.78, 5) is 22.1. The van der Waals surface area contributed by atoms with Crippen molar-refractivity contribution in [3.8, 4) is 0 Å². The molecule has 0 saturated carbocycles. The summed E-state index contributed by atoms with van der Waals surface area (Å²) in [5.74, 6) is 0.635. The highest BCUT2D eigenvalue weighted by molar-refractivity contribution is 9.10. The van der Waals surface area contributed by atoms with Crippen LogP contribution in [-0.2, 0) is 6.42 Å². The van der Waals surface area contributed by atoms with Gasteiger partial charge in [0.25, 0.3) is 5.56 Å². The Labute approximate surface area is 94.5 Å². The van der Waals surface area contributed by atoms with Gasteiger partial charge in [-0.3, -0.25) is 9.78 Å². The monoisotopic (exact) mass is 265 g/mol. The van der Waals surface area contributed by atoms with Crippen molar-refractivity contribution in [1.29, 1.82) is 0 Å². The summed E-state index contributed by atoms with van der Waals surface area (Å²) in [6.07, 6.45) is 5.55. The van der Waals surface area contributed by atoms with Gasteiger partial charge in [-0.15, -0.1) is 0 Å². The van der Waals surface area contributed by atoms with E-state index in [1.54, 1.807) is 12.4 Å². The van der Waals surface area contributed by atoms with Crippen molar-refractivity contribution in [2.24, 2.45) is 0 Å². The van der Waals surface area contributed by atoms with Crippen LogP contribution in [0.5, 0.6) is 0 Å². The SMILES string of the molecule is O=c1[nH]c(Cc2cccnc2)ncc1Br. The third-order valence-electron chi connectivity index (χ3n) is 1.90. The minimum Gasteiger partial charge on any atom is -0.309 e. The second-order valence-electron chi connectivity index (χ2n) is 3.05. The zero-order valence-electron chi connectivity index (χ0n) is 7.77. The molecule has 0 amide bonds. The maximum Gasteiger partial charge on any atom is 0.265 e. The molecule has 0 atom stereocenters. The third-order valence-corrected chi connectivity index (χ3v) is 2.47. The number of H-pyrrole nitrogens is 1. The van der Waals surface area contributed by atoms with Crippen LogP contribution in [0.25, 0.3) is 0 Å². The molecule has 0 aromatic carbocycles. The number of aromatic nitrogens is 3. The zero-order valence-corrected chi connectivity index (χ0v) is 9.36. The highest BCUT2D eigenvalue weighted by Crippen LogP contribution is 2.04. The first kappa shape index (κ1) is 10.0. The summed E-state index contributed by atoms with van der Waals surface area (Å²) in [6.45, 7) is 0. The lowest BCUT2D eigenvalue weighted by Crippen LogP contribution is -2.11. The van der Waals surface area contributed by atoms with E-state index in [-0.39, 0.29) is 5.56 Å². The second-order valence-corrected chi connectivity index (χ2v) is 3.90. The van der Waals surface area contributed by atoms with Crippen molar-refractivity contribution in [2.75, 3.05) is 0 Å². The van der Waals surface area contributed by atoms with E-state index in [1.807, 2.05) is 12.1 Å². The van der Waals surface area contributed by atoms with Gasteiger partial charge in [0, 0.05) is 25.0 Å². The molecular formula is C10H8BrN3O. The Morgan fingerprint density at radius 2 is 2.27 bits per heavy atom. The van der Waals surface area contributed by atoms with Gasteiger partial charge in [-0.05, 0) is 27.6 Å². The van der Waals surface area contributed by atoms with Crippen LogP contribution in [0.2, 0.25) is 0 Å². The molecule has 1 N–H and O–H groups in total. The van der Waals surface area contributed by atoms with Crippen LogP contribution in [0.3, 0.4) is 0 Å². The smallest absolute Gasteiger partial charge is 0.265 e. The number of rotatable bonds is 2. The average Bonchev–Trinajstić information content (AvgIpc) is 2.25. The van der Waals surface area contributed by atoms with Crippen LogP contribution < -0.4 is 5.56 Å². The van der Waals surface area contributed by atoms with Gasteiger partial charge in [0.1, 0.15) is 10.3 Å². The first-order valence-electron chi connectivity index (χ1n) is 4.38. The fourth-order valence-electron chi connectivity index (χ4n) is 1.20. The number of nitrogens with zero attached hydrogens (tertiary/aromatic N) is 2. The molecular weight excluding hydrogens is 258 g/mol. The molecule has 0 bridgehead atoms. The fourth-order valence-corrected chi connectivity index (χ4v) is 1.40. The van der Waals surface area contributed by atoms with Crippen molar-refractivity contribution in [3.05, 3.63) is 56.9 Å². The maximum atomic E-state index is 11.3. The van der Waals surface area contributed by atoms with Crippen molar-refractivity contribution >= 4 is 15.9 Å². The Kier molecular flexibility index (Phi) is 2.91.